The van der Waals surface area contributed by atoms with Crippen molar-refractivity contribution < 1.29 is 8.78 Å². The van der Waals surface area contributed by atoms with Gasteiger partial charge in [-0.05, 0) is 87.0 Å². The second kappa shape index (κ2) is 13.5. The number of benzene rings is 1. The van der Waals surface area contributed by atoms with E-state index >= 15 is 0 Å². The number of H-pyrrole nitrogens is 1. The average molecular weight is 577 g/mol. The second-order valence-corrected chi connectivity index (χ2v) is 12.1. The Morgan fingerprint density at radius 1 is 1.17 bits per heavy atom. The molecule has 8 heteroatoms. The van der Waals surface area contributed by atoms with Crippen LogP contribution in [0.2, 0.25) is 0 Å². The van der Waals surface area contributed by atoms with E-state index in [0.717, 1.165) is 93.0 Å². The molecule has 2 fully saturated rings. The van der Waals surface area contributed by atoms with Crippen molar-refractivity contribution in [2.75, 3.05) is 44.2 Å². The molecule has 0 spiro atoms. The van der Waals surface area contributed by atoms with Gasteiger partial charge in [-0.1, -0.05) is 26.8 Å². The monoisotopic (exact) mass is 576 g/mol. The lowest BCUT2D eigenvalue weighted by Gasteiger charge is -2.48. The van der Waals surface area contributed by atoms with E-state index in [9.17, 15) is 8.78 Å². The molecule has 1 aromatic carbocycles. The zero-order valence-corrected chi connectivity index (χ0v) is 25.7. The highest BCUT2D eigenvalue weighted by Gasteiger charge is 2.34. The number of hydrogen-bond acceptors (Lipinski definition) is 5. The molecule has 0 saturated carbocycles. The first-order valence-corrected chi connectivity index (χ1v) is 15.6. The van der Waals surface area contributed by atoms with Crippen LogP contribution in [0, 0.1) is 18.7 Å². The average Bonchev–Trinajstić information content (AvgIpc) is 3.43. The Kier molecular flexibility index (Phi) is 9.74. The number of likely N-dealkylation sites (tertiary alicyclic amines) is 1. The van der Waals surface area contributed by atoms with Crippen LogP contribution in [0.5, 0.6) is 0 Å². The van der Waals surface area contributed by atoms with E-state index in [1.54, 1.807) is 6.07 Å². The molecule has 0 aliphatic carbocycles. The zero-order valence-electron chi connectivity index (χ0n) is 25.7. The summed E-state index contributed by atoms with van der Waals surface area (Å²) in [5, 5.41) is 0. The number of allylic oxidation sites excluding steroid dienone is 2. The van der Waals surface area contributed by atoms with E-state index in [1.807, 2.05) is 19.2 Å². The molecular formula is C34H46F2N6. The molecule has 3 aromatic rings. The SMILES string of the molecule is C=CC(C)C/C(F)=C(\CC)CN1CCC(N2CCN(c3ncc(-c4nc5ccc(F)cc5[nH]4)cc3C)CC2CC)CC1. The van der Waals surface area contributed by atoms with Crippen LogP contribution in [-0.4, -0.2) is 76.1 Å². The van der Waals surface area contributed by atoms with E-state index in [1.165, 1.54) is 12.1 Å². The maximum atomic E-state index is 14.9. The van der Waals surface area contributed by atoms with Crippen LogP contribution in [0.1, 0.15) is 58.4 Å². The number of piperidine rings is 1. The van der Waals surface area contributed by atoms with Gasteiger partial charge < -0.3 is 9.88 Å². The van der Waals surface area contributed by atoms with Gasteiger partial charge >= 0.3 is 0 Å². The molecule has 2 aromatic heterocycles. The summed E-state index contributed by atoms with van der Waals surface area (Å²) in [5.74, 6) is 1.68. The molecule has 4 heterocycles. The molecule has 226 valence electrons. The number of imidazole rings is 1. The first kappa shape index (κ1) is 30.4. The van der Waals surface area contributed by atoms with Crippen molar-refractivity contribution >= 4 is 16.9 Å². The minimum Gasteiger partial charge on any atom is -0.354 e. The first-order chi connectivity index (χ1) is 20.3. The third kappa shape index (κ3) is 6.76. The van der Waals surface area contributed by atoms with E-state index in [2.05, 4.69) is 58.1 Å². The van der Waals surface area contributed by atoms with Crippen LogP contribution in [0.4, 0.5) is 14.6 Å². The standard InChI is InChI=1S/C34H46F2N6/c1-6-23(4)17-30(36)25(7-2)21-40-13-11-29(12-14-40)42-16-15-41(22-28(42)8-3)34-24(5)18-26(20-37-34)33-38-31-10-9-27(35)19-32(31)39-33/h6,9-10,18-20,23,28-29H,1,7-8,11-17,21-22H2,2-5H3,(H,38,39)/b30-25-. The van der Waals surface area contributed by atoms with Crippen LogP contribution >= 0.6 is 0 Å². The summed E-state index contributed by atoms with van der Waals surface area (Å²) in [6, 6.07) is 7.77. The van der Waals surface area contributed by atoms with Crippen LogP contribution in [0.15, 0.2) is 54.5 Å². The lowest BCUT2D eigenvalue weighted by molar-refractivity contribution is 0.0654. The van der Waals surface area contributed by atoms with Crippen LogP contribution in [-0.2, 0) is 0 Å². The third-order valence-corrected chi connectivity index (χ3v) is 9.22. The Balaban J connectivity index is 1.19. The molecule has 5 rings (SSSR count). The van der Waals surface area contributed by atoms with Gasteiger partial charge in [-0.2, -0.15) is 0 Å². The fourth-order valence-corrected chi connectivity index (χ4v) is 6.63. The number of aryl methyl sites for hydroxylation is 1. The summed E-state index contributed by atoms with van der Waals surface area (Å²) < 4.78 is 28.5. The first-order valence-electron chi connectivity index (χ1n) is 15.6. The second-order valence-electron chi connectivity index (χ2n) is 12.1. The Morgan fingerprint density at radius 2 is 1.95 bits per heavy atom. The highest BCUT2D eigenvalue weighted by molar-refractivity contribution is 5.79. The molecule has 2 unspecified atom stereocenters. The molecule has 0 bridgehead atoms. The van der Waals surface area contributed by atoms with Crippen molar-refractivity contribution in [3.8, 4) is 11.4 Å². The predicted octanol–water partition coefficient (Wildman–Crippen LogP) is 7.28. The van der Waals surface area contributed by atoms with Gasteiger partial charge in [0, 0.05) is 56.4 Å². The molecule has 0 amide bonds. The largest absolute Gasteiger partial charge is 0.354 e. The molecule has 2 aliphatic heterocycles. The van der Waals surface area contributed by atoms with Gasteiger partial charge in [0.05, 0.1) is 11.0 Å². The van der Waals surface area contributed by atoms with Crippen molar-refractivity contribution in [2.24, 2.45) is 5.92 Å². The highest BCUT2D eigenvalue weighted by Crippen LogP contribution is 2.30. The number of piperazine rings is 1. The Morgan fingerprint density at radius 3 is 2.64 bits per heavy atom. The quantitative estimate of drug-likeness (QED) is 0.257. The molecular weight excluding hydrogens is 530 g/mol. The topological polar surface area (TPSA) is 51.3 Å². The van der Waals surface area contributed by atoms with Gasteiger partial charge in [-0.15, -0.1) is 6.58 Å². The number of aromatic nitrogens is 3. The molecule has 1 N–H and O–H groups in total. The van der Waals surface area contributed by atoms with Crippen molar-refractivity contribution in [3.05, 3.63) is 65.9 Å². The minimum atomic E-state index is -0.277. The van der Waals surface area contributed by atoms with Gasteiger partial charge in [0.2, 0.25) is 0 Å². The van der Waals surface area contributed by atoms with Gasteiger partial charge in [-0.25, -0.2) is 18.7 Å². The van der Waals surface area contributed by atoms with Crippen molar-refractivity contribution in [2.45, 2.75) is 71.9 Å². The number of rotatable bonds is 10. The number of fused-ring (bicyclic) bond motifs is 1. The summed E-state index contributed by atoms with van der Waals surface area (Å²) in [6.07, 6.45) is 8.29. The normalized spacial score (nSPS) is 20.6. The number of pyridine rings is 1. The maximum Gasteiger partial charge on any atom is 0.140 e. The van der Waals surface area contributed by atoms with Crippen LogP contribution < -0.4 is 4.90 Å². The van der Waals surface area contributed by atoms with Crippen molar-refractivity contribution in [1.82, 2.24) is 24.8 Å². The summed E-state index contributed by atoms with van der Waals surface area (Å²) >= 11 is 0. The van der Waals surface area contributed by atoms with Crippen molar-refractivity contribution in [1.29, 1.82) is 0 Å². The summed E-state index contributed by atoms with van der Waals surface area (Å²) in [5.41, 5.74) is 4.40. The maximum absolute atomic E-state index is 14.9. The lowest BCUT2D eigenvalue weighted by atomic mass is 9.97. The van der Waals surface area contributed by atoms with Crippen molar-refractivity contribution in [3.63, 3.8) is 0 Å². The number of nitrogens with zero attached hydrogens (tertiary/aromatic N) is 5. The number of hydrogen-bond donors (Lipinski definition) is 1. The summed E-state index contributed by atoms with van der Waals surface area (Å²) in [4.78, 5) is 20.3. The predicted molar refractivity (Wildman–Crippen MR) is 169 cm³/mol. The molecule has 6 nitrogen and oxygen atoms in total. The molecule has 2 atom stereocenters. The molecule has 42 heavy (non-hydrogen) atoms. The van der Waals surface area contributed by atoms with Gasteiger partial charge in [0.15, 0.2) is 0 Å². The van der Waals surface area contributed by atoms with E-state index in [0.29, 0.717) is 29.8 Å². The fraction of sp³-hybridized carbons (Fsp3) is 0.529. The summed E-state index contributed by atoms with van der Waals surface area (Å²) in [6.45, 7) is 18.0. The Labute approximate surface area is 249 Å². The van der Waals surface area contributed by atoms with Gasteiger partial charge in [0.25, 0.3) is 0 Å². The molecule has 2 saturated heterocycles. The number of halogens is 2. The van der Waals surface area contributed by atoms with Gasteiger partial charge in [-0.3, -0.25) is 9.80 Å². The van der Waals surface area contributed by atoms with Crippen LogP contribution in [0.3, 0.4) is 0 Å². The Bertz CT molecular complexity index is 1410. The smallest absolute Gasteiger partial charge is 0.140 e. The highest BCUT2D eigenvalue weighted by atomic mass is 19.1. The molecule has 0 radical (unpaired) electrons. The number of anilines is 1. The summed E-state index contributed by atoms with van der Waals surface area (Å²) in [7, 11) is 0. The van der Waals surface area contributed by atoms with Gasteiger partial charge in [0.1, 0.15) is 23.3 Å². The zero-order chi connectivity index (χ0) is 29.8. The van der Waals surface area contributed by atoms with E-state index < -0.39 is 0 Å². The Hall–Kier alpha value is -3.10. The van der Waals surface area contributed by atoms with Crippen LogP contribution in [0.25, 0.3) is 22.4 Å². The van der Waals surface area contributed by atoms with E-state index in [-0.39, 0.29) is 17.6 Å². The number of aromatic amines is 1. The lowest BCUT2D eigenvalue weighted by Crippen LogP contribution is -2.58. The fourth-order valence-electron chi connectivity index (χ4n) is 6.63. The minimum absolute atomic E-state index is 0.0547. The van der Waals surface area contributed by atoms with E-state index in [4.69, 9.17) is 4.98 Å². The molecule has 2 aliphatic rings. The number of nitrogens with one attached hydrogen (secondary N) is 1. The third-order valence-electron chi connectivity index (χ3n) is 9.22.